The average Bonchev–Trinajstić information content (AvgIpc) is 3.06. The smallest absolute Gasteiger partial charge is 0.144 e. The molecular weight excluding hydrogens is 334 g/mol. The van der Waals surface area contributed by atoms with Gasteiger partial charge in [-0.15, -0.1) is 0 Å². The van der Waals surface area contributed by atoms with Crippen molar-refractivity contribution in [1.82, 2.24) is 14.4 Å². The molecule has 0 saturated heterocycles. The van der Waals surface area contributed by atoms with Crippen molar-refractivity contribution in [2.24, 2.45) is 5.92 Å². The van der Waals surface area contributed by atoms with Crippen LogP contribution in [-0.4, -0.2) is 14.4 Å². The molecule has 1 fully saturated rings. The van der Waals surface area contributed by atoms with Gasteiger partial charge in [0, 0.05) is 23.9 Å². The number of ether oxygens (including phenoxy) is 1. The van der Waals surface area contributed by atoms with Crippen molar-refractivity contribution in [2.45, 2.75) is 25.7 Å². The van der Waals surface area contributed by atoms with E-state index in [4.69, 9.17) is 9.72 Å². The van der Waals surface area contributed by atoms with Crippen LogP contribution >= 0.6 is 0 Å². The quantitative estimate of drug-likeness (QED) is 0.471. The van der Waals surface area contributed by atoms with Gasteiger partial charge in [-0.25, -0.2) is 4.98 Å². The molecule has 4 heteroatoms. The maximum absolute atomic E-state index is 5.90. The Morgan fingerprint density at radius 2 is 1.70 bits per heavy atom. The fourth-order valence-corrected chi connectivity index (χ4v) is 3.89. The van der Waals surface area contributed by atoms with Crippen LogP contribution in [0.3, 0.4) is 0 Å². The molecule has 4 aromatic rings. The van der Waals surface area contributed by atoms with Crippen molar-refractivity contribution < 1.29 is 4.74 Å². The predicted octanol–water partition coefficient (Wildman–Crippen LogP) is 5.70. The summed E-state index contributed by atoms with van der Waals surface area (Å²) in [6, 6.07) is 18.0. The number of fused-ring (bicyclic) bond motifs is 1. The van der Waals surface area contributed by atoms with Gasteiger partial charge in [0.2, 0.25) is 0 Å². The second kappa shape index (κ2) is 6.54. The summed E-state index contributed by atoms with van der Waals surface area (Å²) in [7, 11) is 0. The van der Waals surface area contributed by atoms with Gasteiger partial charge in [0.15, 0.2) is 0 Å². The third kappa shape index (κ3) is 2.97. The SMILES string of the molecule is CC1CC(c2nc(-c3ccc(Oc4ccccc4)cc3)n3ccncc23)C1. The summed E-state index contributed by atoms with van der Waals surface area (Å²) in [5.41, 5.74) is 3.38. The summed E-state index contributed by atoms with van der Waals surface area (Å²) in [6.07, 6.45) is 8.17. The number of imidazole rings is 1. The average molecular weight is 355 g/mol. The van der Waals surface area contributed by atoms with Crippen LogP contribution in [0.1, 0.15) is 31.4 Å². The molecule has 4 nitrogen and oxygen atoms in total. The van der Waals surface area contributed by atoms with E-state index in [2.05, 4.69) is 28.4 Å². The molecule has 0 radical (unpaired) electrons. The summed E-state index contributed by atoms with van der Waals surface area (Å²) in [6.45, 7) is 2.30. The molecule has 2 heterocycles. The second-order valence-corrected chi connectivity index (χ2v) is 7.37. The van der Waals surface area contributed by atoms with Crippen LogP contribution in [0.25, 0.3) is 16.9 Å². The van der Waals surface area contributed by atoms with Crippen molar-refractivity contribution in [2.75, 3.05) is 0 Å². The predicted molar refractivity (Wildman–Crippen MR) is 106 cm³/mol. The van der Waals surface area contributed by atoms with Crippen molar-refractivity contribution in [1.29, 1.82) is 0 Å². The van der Waals surface area contributed by atoms with Crippen LogP contribution in [-0.2, 0) is 0 Å². The van der Waals surface area contributed by atoms with Crippen LogP contribution in [0.4, 0.5) is 0 Å². The number of rotatable bonds is 4. The standard InChI is InChI=1S/C23H21N3O/c1-16-13-18(14-16)22-21-15-24-11-12-26(21)23(25-22)17-7-9-20(10-8-17)27-19-5-3-2-4-6-19/h2-12,15-16,18H,13-14H2,1H3. The highest BCUT2D eigenvalue weighted by molar-refractivity contribution is 5.66. The highest BCUT2D eigenvalue weighted by Crippen LogP contribution is 2.43. The highest BCUT2D eigenvalue weighted by atomic mass is 16.5. The van der Waals surface area contributed by atoms with Crippen LogP contribution in [0.2, 0.25) is 0 Å². The molecule has 0 atom stereocenters. The molecule has 5 rings (SSSR count). The van der Waals surface area contributed by atoms with Crippen LogP contribution in [0.15, 0.2) is 73.2 Å². The molecule has 0 unspecified atom stereocenters. The Hall–Kier alpha value is -3.14. The second-order valence-electron chi connectivity index (χ2n) is 7.37. The molecule has 0 spiro atoms. The first kappa shape index (κ1) is 16.1. The van der Waals surface area contributed by atoms with Gasteiger partial charge in [-0.05, 0) is 55.2 Å². The third-order valence-electron chi connectivity index (χ3n) is 5.33. The zero-order valence-electron chi connectivity index (χ0n) is 15.2. The molecule has 0 aliphatic heterocycles. The molecule has 2 aromatic heterocycles. The van der Waals surface area contributed by atoms with E-state index in [9.17, 15) is 0 Å². The lowest BCUT2D eigenvalue weighted by molar-refractivity contribution is 0.286. The third-order valence-corrected chi connectivity index (χ3v) is 5.33. The largest absolute Gasteiger partial charge is 0.457 e. The van der Waals surface area contributed by atoms with Gasteiger partial charge in [-0.2, -0.15) is 0 Å². The van der Waals surface area contributed by atoms with Crippen LogP contribution in [0, 0.1) is 5.92 Å². The van der Waals surface area contributed by atoms with Crippen LogP contribution < -0.4 is 4.74 Å². The molecule has 0 amide bonds. The molecule has 0 N–H and O–H groups in total. The summed E-state index contributed by atoms with van der Waals surface area (Å²) >= 11 is 0. The zero-order chi connectivity index (χ0) is 18.2. The maximum Gasteiger partial charge on any atom is 0.144 e. The number of para-hydroxylation sites is 1. The minimum atomic E-state index is 0.550. The number of benzene rings is 2. The van der Waals surface area contributed by atoms with Gasteiger partial charge >= 0.3 is 0 Å². The molecule has 1 saturated carbocycles. The minimum absolute atomic E-state index is 0.550. The lowest BCUT2D eigenvalue weighted by Crippen LogP contribution is -2.19. The number of nitrogens with zero attached hydrogens (tertiary/aromatic N) is 3. The summed E-state index contributed by atoms with van der Waals surface area (Å²) < 4.78 is 8.05. The summed E-state index contributed by atoms with van der Waals surface area (Å²) in [4.78, 5) is 9.33. The van der Waals surface area contributed by atoms with E-state index in [1.54, 1.807) is 0 Å². The molecule has 134 valence electrons. The first-order valence-electron chi connectivity index (χ1n) is 9.43. The van der Waals surface area contributed by atoms with E-state index in [1.807, 2.05) is 61.1 Å². The van der Waals surface area contributed by atoms with Crippen molar-refractivity contribution in [3.05, 3.63) is 78.9 Å². The Kier molecular flexibility index (Phi) is 3.89. The lowest BCUT2D eigenvalue weighted by Gasteiger charge is -2.31. The molecule has 2 aromatic carbocycles. The maximum atomic E-state index is 5.90. The molecular formula is C23H21N3O. The number of hydrogen-bond donors (Lipinski definition) is 0. The Labute approximate surface area is 158 Å². The fraction of sp³-hybridized carbons (Fsp3) is 0.217. The van der Waals surface area contributed by atoms with Gasteiger partial charge in [0.05, 0.1) is 17.4 Å². The number of aromatic nitrogens is 3. The fourth-order valence-electron chi connectivity index (χ4n) is 3.89. The lowest BCUT2D eigenvalue weighted by atomic mass is 9.74. The van der Waals surface area contributed by atoms with Crippen LogP contribution in [0.5, 0.6) is 11.5 Å². The Morgan fingerprint density at radius 1 is 0.963 bits per heavy atom. The van der Waals surface area contributed by atoms with Gasteiger partial charge in [0.25, 0.3) is 0 Å². The van der Waals surface area contributed by atoms with Crippen molar-refractivity contribution in [3.63, 3.8) is 0 Å². The van der Waals surface area contributed by atoms with Gasteiger partial charge in [-0.3, -0.25) is 9.38 Å². The Bertz CT molecular complexity index is 1060. The molecule has 1 aliphatic carbocycles. The van der Waals surface area contributed by atoms with E-state index < -0.39 is 0 Å². The van der Waals surface area contributed by atoms with Gasteiger partial charge < -0.3 is 4.74 Å². The molecule has 27 heavy (non-hydrogen) atoms. The van der Waals surface area contributed by atoms with E-state index in [0.717, 1.165) is 34.3 Å². The first-order valence-corrected chi connectivity index (χ1v) is 9.43. The molecule has 1 aliphatic rings. The molecule has 0 bridgehead atoms. The van der Waals surface area contributed by atoms with Crippen molar-refractivity contribution >= 4 is 5.52 Å². The van der Waals surface area contributed by atoms with E-state index in [0.29, 0.717) is 5.92 Å². The van der Waals surface area contributed by atoms with E-state index >= 15 is 0 Å². The normalized spacial score (nSPS) is 19.0. The number of hydrogen-bond acceptors (Lipinski definition) is 3. The first-order chi connectivity index (χ1) is 13.3. The Balaban J connectivity index is 1.48. The summed E-state index contributed by atoms with van der Waals surface area (Å²) in [5, 5.41) is 0. The summed E-state index contributed by atoms with van der Waals surface area (Å²) in [5.74, 6) is 3.97. The van der Waals surface area contributed by atoms with Crippen molar-refractivity contribution in [3.8, 4) is 22.9 Å². The zero-order valence-corrected chi connectivity index (χ0v) is 15.2. The van der Waals surface area contributed by atoms with E-state index in [1.165, 1.54) is 18.5 Å². The minimum Gasteiger partial charge on any atom is -0.457 e. The monoisotopic (exact) mass is 355 g/mol. The topological polar surface area (TPSA) is 39.4 Å². The van der Waals surface area contributed by atoms with Gasteiger partial charge in [-0.1, -0.05) is 25.1 Å². The van der Waals surface area contributed by atoms with E-state index in [-0.39, 0.29) is 0 Å². The van der Waals surface area contributed by atoms with Gasteiger partial charge in [0.1, 0.15) is 17.3 Å². The Morgan fingerprint density at radius 3 is 2.44 bits per heavy atom. The highest BCUT2D eigenvalue weighted by Gasteiger charge is 2.31.